The van der Waals surface area contributed by atoms with E-state index in [1.165, 1.54) is 0 Å². The second kappa shape index (κ2) is 6.77. The molecule has 0 saturated heterocycles. The molecule has 3 aromatic rings. The van der Waals surface area contributed by atoms with Crippen LogP contribution in [0.5, 0.6) is 11.5 Å². The SMILES string of the molecule is COc1ccc(-c2nc3n(n2)C(c2cccc(O)c2)C2=C(CCCC2=O)N3)cc1. The molecule has 1 unspecified atom stereocenters. The third kappa shape index (κ3) is 2.95. The van der Waals surface area contributed by atoms with E-state index in [9.17, 15) is 9.90 Å². The van der Waals surface area contributed by atoms with Crippen molar-refractivity contribution in [2.45, 2.75) is 25.3 Å². The number of phenols is 1. The van der Waals surface area contributed by atoms with Gasteiger partial charge in [-0.05, 0) is 54.8 Å². The van der Waals surface area contributed by atoms with Gasteiger partial charge < -0.3 is 15.2 Å². The number of aromatic nitrogens is 3. The summed E-state index contributed by atoms with van der Waals surface area (Å²) in [5, 5.41) is 18.1. The van der Waals surface area contributed by atoms with E-state index in [4.69, 9.17) is 9.84 Å². The van der Waals surface area contributed by atoms with Gasteiger partial charge in [0.15, 0.2) is 11.6 Å². The van der Waals surface area contributed by atoms with Crippen LogP contribution in [0.4, 0.5) is 5.95 Å². The number of benzene rings is 2. The standard InChI is InChI=1S/C22H20N4O3/c1-29-16-10-8-13(9-11-16)21-24-22-23-17-6-3-7-18(28)19(17)20(26(22)25-21)14-4-2-5-15(27)12-14/h2,4-5,8-12,20,27H,3,6-7H2,1H3,(H,23,24,25). The van der Waals surface area contributed by atoms with Gasteiger partial charge in [0.05, 0.1) is 7.11 Å². The number of phenolic OH excluding ortho intramolecular Hbond substituents is 1. The predicted octanol–water partition coefficient (Wildman–Crippen LogP) is 3.68. The van der Waals surface area contributed by atoms with Gasteiger partial charge in [-0.3, -0.25) is 4.79 Å². The van der Waals surface area contributed by atoms with Gasteiger partial charge in [0.25, 0.3) is 0 Å². The number of fused-ring (bicyclic) bond motifs is 1. The number of hydrogen-bond donors (Lipinski definition) is 2. The number of anilines is 1. The van der Waals surface area contributed by atoms with Crippen molar-refractivity contribution in [1.82, 2.24) is 14.8 Å². The van der Waals surface area contributed by atoms with E-state index in [-0.39, 0.29) is 11.5 Å². The van der Waals surface area contributed by atoms with Crippen LogP contribution in [0.2, 0.25) is 0 Å². The maximum absolute atomic E-state index is 12.8. The molecule has 0 amide bonds. The maximum Gasteiger partial charge on any atom is 0.226 e. The third-order valence-corrected chi connectivity index (χ3v) is 5.40. The molecule has 29 heavy (non-hydrogen) atoms. The summed E-state index contributed by atoms with van der Waals surface area (Å²) >= 11 is 0. The fraction of sp³-hybridized carbons (Fsp3) is 0.227. The van der Waals surface area contributed by atoms with Crippen molar-refractivity contribution < 1.29 is 14.6 Å². The van der Waals surface area contributed by atoms with Crippen molar-refractivity contribution in [3.63, 3.8) is 0 Å². The van der Waals surface area contributed by atoms with Crippen LogP contribution in [-0.2, 0) is 4.79 Å². The first-order chi connectivity index (χ1) is 14.1. The molecule has 2 aromatic carbocycles. The zero-order chi connectivity index (χ0) is 20.0. The average molecular weight is 388 g/mol. The van der Waals surface area contributed by atoms with Crippen LogP contribution >= 0.6 is 0 Å². The number of ketones is 1. The Labute approximate surface area is 167 Å². The molecule has 2 N–H and O–H groups in total. The van der Waals surface area contributed by atoms with E-state index in [1.807, 2.05) is 30.3 Å². The van der Waals surface area contributed by atoms with Crippen LogP contribution in [0, 0.1) is 0 Å². The number of nitrogens with one attached hydrogen (secondary N) is 1. The van der Waals surface area contributed by atoms with Gasteiger partial charge in [-0.25, -0.2) is 4.68 Å². The van der Waals surface area contributed by atoms with Crippen molar-refractivity contribution in [3.8, 4) is 22.9 Å². The fourth-order valence-corrected chi connectivity index (χ4v) is 4.02. The molecular formula is C22H20N4O3. The summed E-state index contributed by atoms with van der Waals surface area (Å²) in [7, 11) is 1.62. The molecule has 0 fully saturated rings. The highest BCUT2D eigenvalue weighted by Gasteiger charge is 2.37. The summed E-state index contributed by atoms with van der Waals surface area (Å²) in [5.74, 6) is 2.18. The number of nitrogens with zero attached hydrogens (tertiary/aromatic N) is 3. The first-order valence-corrected chi connectivity index (χ1v) is 9.57. The van der Waals surface area contributed by atoms with Crippen LogP contribution in [0.3, 0.4) is 0 Å². The number of methoxy groups -OCH3 is 1. The Morgan fingerprint density at radius 2 is 2.00 bits per heavy atom. The lowest BCUT2D eigenvalue weighted by atomic mass is 9.85. The Morgan fingerprint density at radius 3 is 2.76 bits per heavy atom. The Bertz CT molecular complexity index is 1130. The molecule has 0 spiro atoms. The van der Waals surface area contributed by atoms with E-state index in [0.717, 1.165) is 35.4 Å². The van der Waals surface area contributed by atoms with Gasteiger partial charge in [0.1, 0.15) is 17.5 Å². The predicted molar refractivity (Wildman–Crippen MR) is 108 cm³/mol. The van der Waals surface area contributed by atoms with Gasteiger partial charge in [-0.1, -0.05) is 12.1 Å². The molecule has 0 bridgehead atoms. The van der Waals surface area contributed by atoms with Crippen LogP contribution in [0.1, 0.15) is 30.9 Å². The lowest BCUT2D eigenvalue weighted by Crippen LogP contribution is -2.31. The minimum atomic E-state index is -0.416. The first kappa shape index (κ1) is 17.5. The quantitative estimate of drug-likeness (QED) is 0.711. The number of hydrogen-bond acceptors (Lipinski definition) is 6. The zero-order valence-electron chi connectivity index (χ0n) is 15.9. The summed E-state index contributed by atoms with van der Waals surface area (Å²) in [6.45, 7) is 0. The fourth-order valence-electron chi connectivity index (χ4n) is 4.02. The molecule has 2 aliphatic rings. The third-order valence-electron chi connectivity index (χ3n) is 5.40. The summed E-state index contributed by atoms with van der Waals surface area (Å²) < 4.78 is 6.97. The highest BCUT2D eigenvalue weighted by Crippen LogP contribution is 2.41. The number of aromatic hydroxyl groups is 1. The van der Waals surface area contributed by atoms with Gasteiger partial charge >= 0.3 is 0 Å². The lowest BCUT2D eigenvalue weighted by molar-refractivity contribution is -0.116. The molecule has 0 saturated carbocycles. The smallest absolute Gasteiger partial charge is 0.226 e. The minimum Gasteiger partial charge on any atom is -0.508 e. The summed E-state index contributed by atoms with van der Waals surface area (Å²) in [4.78, 5) is 17.5. The van der Waals surface area contributed by atoms with E-state index in [2.05, 4.69) is 10.3 Å². The molecule has 1 aliphatic heterocycles. The largest absolute Gasteiger partial charge is 0.508 e. The molecule has 1 aliphatic carbocycles. The number of allylic oxidation sites excluding steroid dienone is 2. The van der Waals surface area contributed by atoms with Crippen LogP contribution in [-0.4, -0.2) is 32.8 Å². The van der Waals surface area contributed by atoms with Crippen molar-refractivity contribution in [1.29, 1.82) is 0 Å². The second-order valence-electron chi connectivity index (χ2n) is 7.22. The lowest BCUT2D eigenvalue weighted by Gasteiger charge is -2.32. The average Bonchev–Trinajstić information content (AvgIpc) is 3.16. The summed E-state index contributed by atoms with van der Waals surface area (Å²) in [6.07, 6.45) is 2.13. The molecule has 0 radical (unpaired) electrons. The molecule has 7 heteroatoms. The monoisotopic (exact) mass is 388 g/mol. The Morgan fingerprint density at radius 1 is 1.17 bits per heavy atom. The highest BCUT2D eigenvalue weighted by atomic mass is 16.5. The zero-order valence-corrected chi connectivity index (χ0v) is 15.9. The van der Waals surface area contributed by atoms with Gasteiger partial charge in [-0.2, -0.15) is 4.98 Å². The van der Waals surface area contributed by atoms with Crippen molar-refractivity contribution in [2.24, 2.45) is 0 Å². The molecule has 5 rings (SSSR count). The number of carbonyl (C=O) groups is 1. The van der Waals surface area contributed by atoms with Crippen molar-refractivity contribution >= 4 is 11.7 Å². The van der Waals surface area contributed by atoms with Crippen molar-refractivity contribution in [2.75, 3.05) is 12.4 Å². The number of carbonyl (C=O) groups excluding carboxylic acids is 1. The molecule has 7 nitrogen and oxygen atoms in total. The molecule has 146 valence electrons. The van der Waals surface area contributed by atoms with Crippen LogP contribution < -0.4 is 10.1 Å². The Hall–Kier alpha value is -3.61. The maximum atomic E-state index is 12.8. The second-order valence-corrected chi connectivity index (χ2v) is 7.22. The van der Waals surface area contributed by atoms with E-state index in [1.54, 1.807) is 30.0 Å². The van der Waals surface area contributed by atoms with E-state index < -0.39 is 6.04 Å². The van der Waals surface area contributed by atoms with E-state index >= 15 is 0 Å². The highest BCUT2D eigenvalue weighted by molar-refractivity contribution is 5.99. The Balaban J connectivity index is 1.65. The summed E-state index contributed by atoms with van der Waals surface area (Å²) in [6, 6.07) is 14.1. The van der Waals surface area contributed by atoms with Crippen molar-refractivity contribution in [3.05, 3.63) is 65.4 Å². The topological polar surface area (TPSA) is 89.3 Å². The van der Waals surface area contributed by atoms with E-state index in [0.29, 0.717) is 23.8 Å². The minimum absolute atomic E-state index is 0.110. The molecular weight excluding hydrogens is 368 g/mol. The normalized spacial score (nSPS) is 18.1. The van der Waals surface area contributed by atoms with Crippen LogP contribution in [0.15, 0.2) is 59.8 Å². The van der Waals surface area contributed by atoms with Gasteiger partial charge in [0.2, 0.25) is 5.95 Å². The first-order valence-electron chi connectivity index (χ1n) is 9.57. The van der Waals surface area contributed by atoms with Gasteiger partial charge in [-0.15, -0.1) is 5.10 Å². The molecule has 1 aromatic heterocycles. The molecule has 2 heterocycles. The van der Waals surface area contributed by atoms with Crippen LogP contribution in [0.25, 0.3) is 11.4 Å². The summed E-state index contributed by atoms with van der Waals surface area (Å²) in [5.41, 5.74) is 3.27. The van der Waals surface area contributed by atoms with Gasteiger partial charge in [0, 0.05) is 23.3 Å². The molecule has 1 atom stereocenters. The Kier molecular flexibility index (Phi) is 4.08. The number of rotatable bonds is 3. The number of ether oxygens (including phenoxy) is 1. The number of Topliss-reactive ketones (excluding diaryl/α,β-unsaturated/α-hetero) is 1.